The molecule has 0 saturated heterocycles. The summed E-state index contributed by atoms with van der Waals surface area (Å²) in [5, 5.41) is 9.24. The molecule has 0 fully saturated rings. The molecule has 0 aliphatic carbocycles. The smallest absolute Gasteiger partial charge is 0.262 e. The van der Waals surface area contributed by atoms with Crippen molar-refractivity contribution in [3.63, 3.8) is 0 Å². The zero-order valence-electron chi connectivity index (χ0n) is 16.2. The van der Waals surface area contributed by atoms with Crippen molar-refractivity contribution >= 4 is 23.0 Å². The molecule has 0 bridgehead atoms. The number of benzene rings is 2. The van der Waals surface area contributed by atoms with Crippen LogP contribution in [-0.2, 0) is 0 Å². The molecule has 0 spiro atoms. The molecule has 1 N–H and O–H groups in total. The monoisotopic (exact) mass is 406 g/mol. The Kier molecular flexibility index (Phi) is 4.59. The van der Waals surface area contributed by atoms with Crippen molar-refractivity contribution in [3.05, 3.63) is 86.8 Å². The zero-order chi connectivity index (χ0) is 21.6. The van der Waals surface area contributed by atoms with Crippen LogP contribution in [0.3, 0.4) is 0 Å². The van der Waals surface area contributed by atoms with Gasteiger partial charge in [0.15, 0.2) is 0 Å². The van der Waals surface area contributed by atoms with Gasteiger partial charge in [0.1, 0.15) is 24.4 Å². The molecule has 2 heterocycles. The van der Waals surface area contributed by atoms with Crippen LogP contribution in [-0.4, -0.2) is 17.6 Å². The second-order valence-corrected chi connectivity index (χ2v) is 7.03. The summed E-state index contributed by atoms with van der Waals surface area (Å²) < 4.78 is 28.0. The topological polar surface area (TPSA) is 80.2 Å². The molecule has 1 aliphatic rings. The Balaban J connectivity index is 1.95. The number of nitriles is 1. The highest BCUT2D eigenvalue weighted by Crippen LogP contribution is 2.38. The Bertz CT molecular complexity index is 1290. The first-order valence-corrected chi connectivity index (χ1v) is 9.09. The summed E-state index contributed by atoms with van der Waals surface area (Å²) in [6.45, 7) is 3.41. The lowest BCUT2D eigenvalue weighted by atomic mass is 10.0. The van der Waals surface area contributed by atoms with Crippen molar-refractivity contribution in [1.29, 1.82) is 5.26 Å². The number of anilines is 3. The number of carbonyl (C=O) groups is 1. The first-order valence-electron chi connectivity index (χ1n) is 9.09. The second kappa shape index (κ2) is 7.12. The van der Waals surface area contributed by atoms with E-state index in [1.54, 1.807) is 30.9 Å². The van der Waals surface area contributed by atoms with Gasteiger partial charge in [-0.15, -0.1) is 0 Å². The third-order valence-electron chi connectivity index (χ3n) is 5.08. The number of fused-ring (bicyclic) bond motifs is 1. The fourth-order valence-electron chi connectivity index (χ4n) is 3.65. The average Bonchev–Trinajstić information content (AvgIpc) is 2.69. The highest BCUT2D eigenvalue weighted by atomic mass is 19.1. The minimum absolute atomic E-state index is 0.0295. The van der Waals surface area contributed by atoms with Gasteiger partial charge in [-0.3, -0.25) is 14.5 Å². The highest BCUT2D eigenvalue weighted by Gasteiger charge is 2.33. The van der Waals surface area contributed by atoms with E-state index in [4.69, 9.17) is 0 Å². The van der Waals surface area contributed by atoms with Gasteiger partial charge in [-0.2, -0.15) is 5.26 Å². The molecule has 0 unspecified atom stereocenters. The Hall–Kier alpha value is -3.99. The quantitative estimate of drug-likeness (QED) is 0.700. The Morgan fingerprint density at radius 1 is 0.967 bits per heavy atom. The van der Waals surface area contributed by atoms with Crippen LogP contribution in [0.25, 0.3) is 0 Å². The van der Waals surface area contributed by atoms with E-state index in [9.17, 15) is 23.6 Å². The van der Waals surface area contributed by atoms with Gasteiger partial charge >= 0.3 is 0 Å². The van der Waals surface area contributed by atoms with Crippen LogP contribution in [0, 0.1) is 36.8 Å². The van der Waals surface area contributed by atoms with Crippen molar-refractivity contribution in [2.24, 2.45) is 0 Å². The van der Waals surface area contributed by atoms with E-state index in [0.29, 0.717) is 28.3 Å². The number of aromatic amines is 1. The summed E-state index contributed by atoms with van der Waals surface area (Å²) in [6, 6.07) is 11.2. The van der Waals surface area contributed by atoms with E-state index in [0.717, 1.165) is 6.07 Å². The second-order valence-electron chi connectivity index (χ2n) is 7.03. The molecule has 6 nitrogen and oxygen atoms in total. The third kappa shape index (κ3) is 3.10. The highest BCUT2D eigenvalue weighted by molar-refractivity contribution is 6.13. The van der Waals surface area contributed by atoms with Crippen molar-refractivity contribution in [2.75, 3.05) is 16.5 Å². The van der Waals surface area contributed by atoms with Crippen LogP contribution in [0.5, 0.6) is 0 Å². The third-order valence-corrected chi connectivity index (χ3v) is 5.08. The number of nitrogens with zero attached hydrogens (tertiary/aromatic N) is 3. The summed E-state index contributed by atoms with van der Waals surface area (Å²) in [4.78, 5) is 30.6. The van der Waals surface area contributed by atoms with Gasteiger partial charge in [-0.05, 0) is 55.8 Å². The van der Waals surface area contributed by atoms with Crippen LogP contribution < -0.4 is 15.4 Å². The van der Waals surface area contributed by atoms with Crippen LogP contribution >= 0.6 is 0 Å². The lowest BCUT2D eigenvalue weighted by Gasteiger charge is -2.39. The first-order chi connectivity index (χ1) is 14.3. The maximum absolute atomic E-state index is 14.4. The van der Waals surface area contributed by atoms with Gasteiger partial charge < -0.3 is 9.88 Å². The average molecular weight is 406 g/mol. The number of hydrogen-bond acceptors (Lipinski definition) is 4. The number of carbonyl (C=O) groups excluding carboxylic acids is 1. The number of aryl methyl sites for hydroxylation is 2. The Labute approximate surface area is 170 Å². The van der Waals surface area contributed by atoms with Gasteiger partial charge in [-0.25, -0.2) is 8.78 Å². The summed E-state index contributed by atoms with van der Waals surface area (Å²) in [5.41, 5.74) is 2.06. The number of amides is 1. The van der Waals surface area contributed by atoms with Crippen molar-refractivity contribution in [3.8, 4) is 6.07 Å². The fourth-order valence-corrected chi connectivity index (χ4v) is 3.65. The molecule has 2 aromatic carbocycles. The minimum Gasteiger partial charge on any atom is -0.324 e. The molecule has 1 aliphatic heterocycles. The standard InChI is InChI=1S/C22H16F2N4O2/c1-12-7-15(23)3-4-18(12)27-11-28(19-5-6-21(29)26-13(19)2)22(30)16-9-17(24)14(10-25)8-20(16)27/h3-9H,11H2,1-2H3,(H,26,29). The van der Waals surface area contributed by atoms with Crippen LogP contribution in [0.2, 0.25) is 0 Å². The van der Waals surface area contributed by atoms with Crippen molar-refractivity contribution in [1.82, 2.24) is 4.98 Å². The molecule has 3 aromatic rings. The number of rotatable bonds is 2. The van der Waals surface area contributed by atoms with Gasteiger partial charge in [0.05, 0.1) is 22.5 Å². The SMILES string of the molecule is Cc1cc(F)ccc1N1CN(c2ccc(=O)[nH]c2C)C(=O)c2cc(F)c(C#N)cc21. The summed E-state index contributed by atoms with van der Waals surface area (Å²) in [7, 11) is 0. The van der Waals surface area contributed by atoms with E-state index >= 15 is 0 Å². The lowest BCUT2D eigenvalue weighted by Crippen LogP contribution is -2.45. The number of aromatic nitrogens is 1. The van der Waals surface area contributed by atoms with Gasteiger partial charge in [-0.1, -0.05) is 0 Å². The van der Waals surface area contributed by atoms with E-state index in [-0.39, 0.29) is 23.4 Å². The molecular weight excluding hydrogens is 390 g/mol. The molecule has 4 rings (SSSR count). The molecule has 0 saturated carbocycles. The van der Waals surface area contributed by atoms with Crippen molar-refractivity contribution in [2.45, 2.75) is 13.8 Å². The molecule has 8 heteroatoms. The zero-order valence-corrected chi connectivity index (χ0v) is 16.2. The normalized spacial score (nSPS) is 13.2. The van der Waals surface area contributed by atoms with Crippen molar-refractivity contribution < 1.29 is 13.6 Å². The maximum atomic E-state index is 14.4. The molecule has 1 aromatic heterocycles. The molecule has 1 amide bonds. The Morgan fingerprint density at radius 2 is 1.70 bits per heavy atom. The summed E-state index contributed by atoms with van der Waals surface area (Å²) in [5.74, 6) is -1.69. The van der Waals surface area contributed by atoms with Gasteiger partial charge in [0.25, 0.3) is 5.91 Å². The van der Waals surface area contributed by atoms with Crippen LogP contribution in [0.4, 0.5) is 25.8 Å². The predicted octanol–water partition coefficient (Wildman–Crippen LogP) is 3.90. The number of pyridine rings is 1. The molecule has 0 atom stereocenters. The van der Waals surface area contributed by atoms with E-state index in [1.165, 1.54) is 35.2 Å². The van der Waals surface area contributed by atoms with Crippen LogP contribution in [0.1, 0.15) is 27.2 Å². The minimum atomic E-state index is -0.805. The summed E-state index contributed by atoms with van der Waals surface area (Å²) >= 11 is 0. The Morgan fingerprint density at radius 3 is 2.37 bits per heavy atom. The molecule has 150 valence electrons. The van der Waals surface area contributed by atoms with Gasteiger partial charge in [0, 0.05) is 17.4 Å². The van der Waals surface area contributed by atoms with E-state index in [2.05, 4.69) is 4.98 Å². The molecular formula is C22H16F2N4O2. The molecule has 30 heavy (non-hydrogen) atoms. The summed E-state index contributed by atoms with van der Waals surface area (Å²) in [6.07, 6.45) is 0. The fraction of sp³-hybridized carbons (Fsp3) is 0.136. The van der Waals surface area contributed by atoms with Crippen LogP contribution in [0.15, 0.2) is 47.3 Å². The lowest BCUT2D eigenvalue weighted by molar-refractivity contribution is 0.0983. The molecule has 0 radical (unpaired) electrons. The predicted molar refractivity (Wildman–Crippen MR) is 108 cm³/mol. The van der Waals surface area contributed by atoms with E-state index < -0.39 is 17.5 Å². The number of nitrogens with one attached hydrogen (secondary N) is 1. The number of hydrogen-bond donors (Lipinski definition) is 1. The maximum Gasteiger partial charge on any atom is 0.262 e. The number of H-pyrrole nitrogens is 1. The number of halogens is 2. The van der Waals surface area contributed by atoms with Gasteiger partial charge in [0.2, 0.25) is 5.56 Å². The van der Waals surface area contributed by atoms with E-state index in [1.807, 2.05) is 0 Å². The largest absolute Gasteiger partial charge is 0.324 e. The first kappa shape index (κ1) is 19.3.